The summed E-state index contributed by atoms with van der Waals surface area (Å²) in [5.41, 5.74) is -0.581. The average Bonchev–Trinajstić information content (AvgIpc) is 3.05. The summed E-state index contributed by atoms with van der Waals surface area (Å²) >= 11 is 6.04. The molecular weight excluding hydrogens is 379 g/mol. The minimum absolute atomic E-state index is 0.0787. The van der Waals surface area contributed by atoms with Gasteiger partial charge in [-0.2, -0.15) is 13.2 Å². The van der Waals surface area contributed by atoms with Crippen molar-refractivity contribution in [3.8, 4) is 0 Å². The predicted molar refractivity (Wildman–Crippen MR) is 85.0 cm³/mol. The van der Waals surface area contributed by atoms with Gasteiger partial charge in [0.1, 0.15) is 6.10 Å². The Bertz CT molecular complexity index is 886. The van der Waals surface area contributed by atoms with Crippen LogP contribution in [0.5, 0.6) is 0 Å². The third-order valence-electron chi connectivity index (χ3n) is 3.98. The lowest BCUT2D eigenvalue weighted by molar-refractivity contribution is -0.137. The van der Waals surface area contributed by atoms with Crippen molar-refractivity contribution in [1.82, 2.24) is 4.98 Å². The Morgan fingerprint density at radius 2 is 1.96 bits per heavy atom. The number of nitrogens with zero attached hydrogens (tertiary/aromatic N) is 1. The minimum atomic E-state index is -4.61. The van der Waals surface area contributed by atoms with E-state index in [1.807, 2.05) is 0 Å². The molecule has 25 heavy (non-hydrogen) atoms. The van der Waals surface area contributed by atoms with Crippen LogP contribution in [0.2, 0.25) is 5.02 Å². The van der Waals surface area contributed by atoms with Gasteiger partial charge in [-0.25, -0.2) is 8.42 Å². The summed E-state index contributed by atoms with van der Waals surface area (Å²) in [6.45, 7) is -0.129. The molecule has 4 nitrogen and oxygen atoms in total. The van der Waals surface area contributed by atoms with Crippen LogP contribution in [0.1, 0.15) is 23.8 Å². The van der Waals surface area contributed by atoms with Crippen molar-refractivity contribution >= 4 is 21.4 Å². The van der Waals surface area contributed by atoms with E-state index in [-0.39, 0.29) is 17.9 Å². The van der Waals surface area contributed by atoms with E-state index in [1.54, 1.807) is 12.1 Å². The highest BCUT2D eigenvalue weighted by molar-refractivity contribution is 7.92. The number of halogens is 4. The van der Waals surface area contributed by atoms with Crippen molar-refractivity contribution in [1.29, 1.82) is 0 Å². The number of rotatable bonds is 3. The molecule has 1 saturated heterocycles. The number of benzene rings is 1. The molecule has 0 spiro atoms. The second-order valence-electron chi connectivity index (χ2n) is 5.62. The van der Waals surface area contributed by atoms with Crippen molar-refractivity contribution < 1.29 is 26.3 Å². The Morgan fingerprint density at radius 3 is 2.64 bits per heavy atom. The predicted octanol–water partition coefficient (Wildman–Crippen LogP) is 4.06. The van der Waals surface area contributed by atoms with E-state index in [1.165, 1.54) is 6.20 Å². The summed E-state index contributed by atoms with van der Waals surface area (Å²) in [6.07, 6.45) is -3.63. The fourth-order valence-electron chi connectivity index (χ4n) is 2.68. The van der Waals surface area contributed by atoms with Crippen molar-refractivity contribution in [2.75, 3.05) is 6.61 Å². The van der Waals surface area contributed by atoms with E-state index in [9.17, 15) is 21.6 Å². The number of hydrogen-bond donors (Lipinski definition) is 0. The molecule has 0 radical (unpaired) electrons. The van der Waals surface area contributed by atoms with Crippen LogP contribution in [0.15, 0.2) is 47.5 Å². The van der Waals surface area contributed by atoms with Gasteiger partial charge in [-0.1, -0.05) is 17.7 Å². The molecule has 2 unspecified atom stereocenters. The molecular formula is C16H13ClF3NO3S. The fourth-order valence-corrected chi connectivity index (χ4v) is 4.56. The van der Waals surface area contributed by atoms with Crippen molar-refractivity contribution in [3.05, 3.63) is 58.9 Å². The molecule has 1 aliphatic rings. The smallest absolute Gasteiger partial charge is 0.370 e. The Balaban J connectivity index is 1.86. The van der Waals surface area contributed by atoms with Gasteiger partial charge in [0.05, 0.1) is 33.0 Å². The standard InChI is InChI=1S/C16H13ClF3NO3S/c17-13-5-2-6-21-15(13)14-8-12(9-24-14)25(22,23)11-4-1-3-10(7-11)16(18,19)20/h1-7,12,14H,8-9H2. The topological polar surface area (TPSA) is 56.3 Å². The Morgan fingerprint density at radius 1 is 1.20 bits per heavy atom. The molecule has 0 N–H and O–H groups in total. The number of ether oxygens (including phenoxy) is 1. The molecule has 3 rings (SSSR count). The van der Waals surface area contributed by atoms with E-state index < -0.39 is 32.9 Å². The second-order valence-corrected chi connectivity index (χ2v) is 8.26. The Labute approximate surface area is 147 Å². The van der Waals surface area contributed by atoms with Gasteiger partial charge in [-0.05, 0) is 36.8 Å². The average molecular weight is 392 g/mol. The van der Waals surface area contributed by atoms with Crippen LogP contribution in [-0.2, 0) is 20.8 Å². The van der Waals surface area contributed by atoms with Crippen LogP contribution in [0.4, 0.5) is 13.2 Å². The third kappa shape index (κ3) is 3.65. The maximum Gasteiger partial charge on any atom is 0.416 e. The first-order chi connectivity index (χ1) is 11.7. The van der Waals surface area contributed by atoms with E-state index in [0.29, 0.717) is 16.8 Å². The monoisotopic (exact) mass is 391 g/mol. The first kappa shape index (κ1) is 18.2. The molecule has 0 amide bonds. The van der Waals surface area contributed by atoms with Crippen molar-refractivity contribution in [2.24, 2.45) is 0 Å². The van der Waals surface area contributed by atoms with Gasteiger partial charge in [0, 0.05) is 6.20 Å². The molecule has 1 aromatic carbocycles. The molecule has 0 bridgehead atoms. The van der Waals surface area contributed by atoms with Gasteiger partial charge in [0.15, 0.2) is 9.84 Å². The van der Waals surface area contributed by atoms with Crippen LogP contribution >= 0.6 is 11.6 Å². The van der Waals surface area contributed by atoms with Crippen LogP contribution in [0, 0.1) is 0 Å². The van der Waals surface area contributed by atoms with E-state index >= 15 is 0 Å². The van der Waals surface area contributed by atoms with Gasteiger partial charge in [0.25, 0.3) is 0 Å². The highest BCUT2D eigenvalue weighted by atomic mass is 35.5. The second kappa shape index (κ2) is 6.59. The van der Waals surface area contributed by atoms with E-state index in [0.717, 1.165) is 18.2 Å². The maximum atomic E-state index is 12.8. The summed E-state index contributed by atoms with van der Waals surface area (Å²) in [5, 5.41) is -0.608. The molecule has 134 valence electrons. The quantitative estimate of drug-likeness (QED) is 0.791. The Hall–Kier alpha value is -1.64. The van der Waals surface area contributed by atoms with E-state index in [4.69, 9.17) is 16.3 Å². The lowest BCUT2D eigenvalue weighted by Gasteiger charge is -2.13. The fraction of sp³-hybridized carbons (Fsp3) is 0.312. The Kier molecular flexibility index (Phi) is 4.78. The normalized spacial score (nSPS) is 21.4. The molecule has 0 saturated carbocycles. The summed E-state index contributed by atoms with van der Waals surface area (Å²) in [4.78, 5) is 3.72. The molecule has 0 aliphatic carbocycles. The number of pyridine rings is 1. The summed E-state index contributed by atoms with van der Waals surface area (Å²) < 4.78 is 69.3. The van der Waals surface area contributed by atoms with Gasteiger partial charge in [0.2, 0.25) is 0 Å². The molecule has 1 aliphatic heterocycles. The molecule has 1 fully saturated rings. The first-order valence-electron chi connectivity index (χ1n) is 7.33. The van der Waals surface area contributed by atoms with Gasteiger partial charge >= 0.3 is 6.18 Å². The molecule has 2 atom stereocenters. The van der Waals surface area contributed by atoms with Crippen molar-refractivity contribution in [3.63, 3.8) is 0 Å². The van der Waals surface area contributed by atoms with Crippen LogP contribution < -0.4 is 0 Å². The highest BCUT2D eigenvalue weighted by Crippen LogP contribution is 2.37. The van der Waals surface area contributed by atoms with Gasteiger partial charge in [-0.3, -0.25) is 4.98 Å². The van der Waals surface area contributed by atoms with Gasteiger partial charge in [-0.15, -0.1) is 0 Å². The zero-order chi connectivity index (χ0) is 18.2. The van der Waals surface area contributed by atoms with E-state index in [2.05, 4.69) is 4.98 Å². The van der Waals surface area contributed by atoms with Crippen LogP contribution in [0.25, 0.3) is 0 Å². The molecule has 2 aromatic rings. The van der Waals surface area contributed by atoms with Crippen molar-refractivity contribution in [2.45, 2.75) is 28.8 Å². The number of sulfone groups is 1. The number of aromatic nitrogens is 1. The molecule has 2 heterocycles. The summed E-state index contributed by atoms with van der Waals surface area (Å²) in [7, 11) is -3.97. The summed E-state index contributed by atoms with van der Waals surface area (Å²) in [5.74, 6) is 0. The number of hydrogen-bond acceptors (Lipinski definition) is 4. The van der Waals surface area contributed by atoms with Crippen LogP contribution in [0.3, 0.4) is 0 Å². The SMILES string of the molecule is O=S(=O)(c1cccc(C(F)(F)F)c1)C1COC(c2ncccc2Cl)C1. The van der Waals surface area contributed by atoms with Gasteiger partial charge < -0.3 is 4.74 Å². The largest absolute Gasteiger partial charge is 0.416 e. The lowest BCUT2D eigenvalue weighted by atomic mass is 10.1. The van der Waals surface area contributed by atoms with Crippen LogP contribution in [-0.4, -0.2) is 25.3 Å². The lowest BCUT2D eigenvalue weighted by Crippen LogP contribution is -2.22. The maximum absolute atomic E-state index is 12.8. The summed E-state index contributed by atoms with van der Waals surface area (Å²) in [6, 6.07) is 6.97. The zero-order valence-electron chi connectivity index (χ0n) is 12.7. The molecule has 1 aromatic heterocycles. The third-order valence-corrected chi connectivity index (χ3v) is 6.42. The highest BCUT2D eigenvalue weighted by Gasteiger charge is 2.39. The number of alkyl halides is 3. The molecule has 9 heteroatoms. The zero-order valence-corrected chi connectivity index (χ0v) is 14.3. The minimum Gasteiger partial charge on any atom is -0.370 e. The first-order valence-corrected chi connectivity index (χ1v) is 9.25.